The number of nitrogens with one attached hydrogen (secondary N) is 1. The maximum absolute atomic E-state index is 12.4. The zero-order valence-corrected chi connectivity index (χ0v) is 13.4. The topological polar surface area (TPSA) is 58.6 Å². The third kappa shape index (κ3) is 3.93. The number of anilines is 1. The highest BCUT2D eigenvalue weighted by Gasteiger charge is 2.35. The summed E-state index contributed by atoms with van der Waals surface area (Å²) < 4.78 is 5.35. The highest BCUT2D eigenvalue weighted by molar-refractivity contribution is 5.96. The highest BCUT2D eigenvalue weighted by Crippen LogP contribution is 2.20. The maximum Gasteiger partial charge on any atom is 0.410 e. The van der Waals surface area contributed by atoms with E-state index in [0.717, 1.165) is 17.7 Å². The molecule has 3 rings (SSSR count). The predicted molar refractivity (Wildman–Crippen MR) is 91.4 cm³/mol. The van der Waals surface area contributed by atoms with Crippen LogP contribution >= 0.6 is 0 Å². The van der Waals surface area contributed by atoms with Gasteiger partial charge < -0.3 is 10.1 Å². The molecule has 0 bridgehead atoms. The summed E-state index contributed by atoms with van der Waals surface area (Å²) in [6.07, 6.45) is 1.01. The lowest BCUT2D eigenvalue weighted by Gasteiger charge is -2.23. The van der Waals surface area contributed by atoms with Crippen molar-refractivity contribution in [2.45, 2.75) is 25.5 Å². The second-order valence-corrected chi connectivity index (χ2v) is 5.75. The lowest BCUT2D eigenvalue weighted by molar-refractivity contribution is -0.120. The first kappa shape index (κ1) is 16.1. The van der Waals surface area contributed by atoms with E-state index in [0.29, 0.717) is 13.0 Å². The fraction of sp³-hybridized carbons (Fsp3) is 0.263. The first-order chi connectivity index (χ1) is 11.7. The second-order valence-electron chi connectivity index (χ2n) is 5.75. The van der Waals surface area contributed by atoms with Gasteiger partial charge in [-0.15, -0.1) is 0 Å². The Morgan fingerprint density at radius 1 is 1.04 bits per heavy atom. The van der Waals surface area contributed by atoms with Crippen LogP contribution in [-0.4, -0.2) is 29.5 Å². The molecule has 124 valence electrons. The average molecular weight is 324 g/mol. The molecule has 1 atom stereocenters. The Balaban J connectivity index is 1.58. The van der Waals surface area contributed by atoms with E-state index in [1.165, 1.54) is 4.90 Å². The molecule has 1 N–H and O–H groups in total. The Bertz CT molecular complexity index is 688. The Morgan fingerprint density at radius 2 is 1.71 bits per heavy atom. The van der Waals surface area contributed by atoms with Crippen LogP contribution in [0.4, 0.5) is 10.5 Å². The van der Waals surface area contributed by atoms with Crippen LogP contribution in [0.25, 0.3) is 0 Å². The summed E-state index contributed by atoms with van der Waals surface area (Å²) in [4.78, 5) is 26.3. The van der Waals surface area contributed by atoms with Gasteiger partial charge in [0.05, 0.1) is 0 Å². The smallest absolute Gasteiger partial charge is 0.410 e. The Labute approximate surface area is 141 Å². The van der Waals surface area contributed by atoms with E-state index in [-0.39, 0.29) is 12.5 Å². The molecule has 1 aliphatic rings. The van der Waals surface area contributed by atoms with E-state index in [4.69, 9.17) is 4.74 Å². The van der Waals surface area contributed by atoms with Crippen LogP contribution < -0.4 is 5.32 Å². The van der Waals surface area contributed by atoms with Crippen molar-refractivity contribution in [1.29, 1.82) is 0 Å². The Hall–Kier alpha value is -2.82. The maximum atomic E-state index is 12.4. The lowest BCUT2D eigenvalue weighted by atomic mass is 10.2. The van der Waals surface area contributed by atoms with Crippen molar-refractivity contribution in [3.63, 3.8) is 0 Å². The van der Waals surface area contributed by atoms with Crippen molar-refractivity contribution in [3.05, 3.63) is 66.2 Å². The number of hydrogen-bond donors (Lipinski definition) is 1. The standard InChI is InChI=1S/C19H20N2O3/c22-18(20-16-10-5-2-6-11-16)17-12-7-13-21(17)19(23)24-14-15-8-3-1-4-9-15/h1-6,8-11,17H,7,12-14H2,(H,20,22). The van der Waals surface area contributed by atoms with Gasteiger partial charge in [-0.2, -0.15) is 0 Å². The predicted octanol–water partition coefficient (Wildman–Crippen LogP) is 3.43. The summed E-state index contributed by atoms with van der Waals surface area (Å²) >= 11 is 0. The minimum Gasteiger partial charge on any atom is -0.445 e. The van der Waals surface area contributed by atoms with E-state index in [9.17, 15) is 9.59 Å². The first-order valence-electron chi connectivity index (χ1n) is 8.07. The van der Waals surface area contributed by atoms with Crippen molar-refractivity contribution < 1.29 is 14.3 Å². The van der Waals surface area contributed by atoms with Crippen LogP contribution in [0, 0.1) is 0 Å². The van der Waals surface area contributed by atoms with Gasteiger partial charge in [-0.05, 0) is 30.5 Å². The minimum absolute atomic E-state index is 0.171. The quantitative estimate of drug-likeness (QED) is 0.937. The monoisotopic (exact) mass is 324 g/mol. The third-order valence-electron chi connectivity index (χ3n) is 4.04. The van der Waals surface area contributed by atoms with Crippen LogP contribution in [-0.2, 0) is 16.1 Å². The summed E-state index contributed by atoms with van der Waals surface area (Å²) in [6, 6.07) is 18.3. The SMILES string of the molecule is O=C(Nc1ccccc1)C1CCCN1C(=O)OCc1ccccc1. The fourth-order valence-electron chi connectivity index (χ4n) is 2.81. The summed E-state index contributed by atoms with van der Waals surface area (Å²) in [6.45, 7) is 0.754. The molecule has 5 nitrogen and oxygen atoms in total. The molecule has 1 aliphatic heterocycles. The largest absolute Gasteiger partial charge is 0.445 e. The molecule has 0 radical (unpaired) electrons. The molecular formula is C19H20N2O3. The van der Waals surface area contributed by atoms with Gasteiger partial charge in [0.2, 0.25) is 5.91 Å². The van der Waals surface area contributed by atoms with Gasteiger partial charge in [-0.25, -0.2) is 4.79 Å². The normalized spacial score (nSPS) is 16.7. The number of benzene rings is 2. The number of amides is 2. The molecule has 1 saturated heterocycles. The molecule has 5 heteroatoms. The number of hydrogen-bond acceptors (Lipinski definition) is 3. The Kier molecular flexibility index (Phi) is 5.11. The lowest BCUT2D eigenvalue weighted by Crippen LogP contribution is -2.43. The number of ether oxygens (including phenoxy) is 1. The zero-order chi connectivity index (χ0) is 16.8. The number of rotatable bonds is 4. The highest BCUT2D eigenvalue weighted by atomic mass is 16.6. The average Bonchev–Trinajstić information content (AvgIpc) is 3.11. The summed E-state index contributed by atoms with van der Waals surface area (Å²) in [5, 5.41) is 2.85. The molecular weight excluding hydrogens is 304 g/mol. The van der Waals surface area contributed by atoms with E-state index in [1.54, 1.807) is 0 Å². The van der Waals surface area contributed by atoms with Gasteiger partial charge in [0, 0.05) is 12.2 Å². The zero-order valence-electron chi connectivity index (χ0n) is 13.4. The molecule has 0 aromatic heterocycles. The molecule has 2 amide bonds. The third-order valence-corrected chi connectivity index (χ3v) is 4.04. The molecule has 1 unspecified atom stereocenters. The van der Waals surface area contributed by atoms with Crippen LogP contribution in [0.5, 0.6) is 0 Å². The van der Waals surface area contributed by atoms with Crippen molar-refractivity contribution in [3.8, 4) is 0 Å². The van der Waals surface area contributed by atoms with Gasteiger partial charge in [-0.3, -0.25) is 9.69 Å². The molecule has 1 heterocycles. The fourth-order valence-corrected chi connectivity index (χ4v) is 2.81. The minimum atomic E-state index is -0.478. The van der Waals surface area contributed by atoms with E-state index in [1.807, 2.05) is 60.7 Å². The van der Waals surface area contributed by atoms with Gasteiger partial charge in [-0.1, -0.05) is 48.5 Å². The molecule has 2 aromatic rings. The molecule has 0 spiro atoms. The number of likely N-dealkylation sites (tertiary alicyclic amines) is 1. The number of para-hydroxylation sites is 1. The Morgan fingerprint density at radius 3 is 2.42 bits per heavy atom. The first-order valence-corrected chi connectivity index (χ1v) is 8.07. The summed E-state index contributed by atoms with van der Waals surface area (Å²) in [5.74, 6) is -0.171. The van der Waals surface area contributed by atoms with Crippen molar-refractivity contribution in [1.82, 2.24) is 4.90 Å². The molecule has 24 heavy (non-hydrogen) atoms. The number of carbonyl (C=O) groups is 2. The van der Waals surface area contributed by atoms with E-state index in [2.05, 4.69) is 5.32 Å². The van der Waals surface area contributed by atoms with Crippen LogP contribution in [0.2, 0.25) is 0 Å². The number of nitrogens with zero attached hydrogens (tertiary/aromatic N) is 1. The molecule has 0 aliphatic carbocycles. The van der Waals surface area contributed by atoms with E-state index >= 15 is 0 Å². The molecule has 1 fully saturated rings. The van der Waals surface area contributed by atoms with Crippen molar-refractivity contribution in [2.75, 3.05) is 11.9 Å². The summed E-state index contributed by atoms with van der Waals surface area (Å²) in [5.41, 5.74) is 1.65. The van der Waals surface area contributed by atoms with Gasteiger partial charge in [0.25, 0.3) is 0 Å². The molecule has 0 saturated carbocycles. The van der Waals surface area contributed by atoms with Gasteiger partial charge in [0.15, 0.2) is 0 Å². The van der Waals surface area contributed by atoms with E-state index < -0.39 is 12.1 Å². The van der Waals surface area contributed by atoms with Crippen LogP contribution in [0.1, 0.15) is 18.4 Å². The van der Waals surface area contributed by atoms with Crippen LogP contribution in [0.15, 0.2) is 60.7 Å². The number of carbonyl (C=O) groups excluding carboxylic acids is 2. The van der Waals surface area contributed by atoms with Crippen molar-refractivity contribution >= 4 is 17.7 Å². The van der Waals surface area contributed by atoms with Gasteiger partial charge in [0.1, 0.15) is 12.6 Å². The molecule has 2 aromatic carbocycles. The summed E-state index contributed by atoms with van der Waals surface area (Å²) in [7, 11) is 0. The van der Waals surface area contributed by atoms with Crippen molar-refractivity contribution in [2.24, 2.45) is 0 Å². The second kappa shape index (κ2) is 7.64. The van der Waals surface area contributed by atoms with Gasteiger partial charge >= 0.3 is 6.09 Å². The van der Waals surface area contributed by atoms with Crippen LogP contribution in [0.3, 0.4) is 0 Å².